The number of nitrogens with zero attached hydrogens (tertiary/aromatic N) is 2. The lowest BCUT2D eigenvalue weighted by Crippen LogP contribution is -2.51. The molecule has 2 amide bonds. The van der Waals surface area contributed by atoms with E-state index >= 15 is 0 Å². The molecule has 2 N–H and O–H groups in total. The van der Waals surface area contributed by atoms with Crippen LogP contribution in [0.15, 0.2) is 41.2 Å². The Morgan fingerprint density at radius 1 is 1.07 bits per heavy atom. The van der Waals surface area contributed by atoms with E-state index in [1.807, 2.05) is 24.9 Å². The number of amides is 2. The predicted octanol–water partition coefficient (Wildman–Crippen LogP) is 6.36. The van der Waals surface area contributed by atoms with Gasteiger partial charge in [-0.15, -0.1) is 22.7 Å². The number of thiophene rings is 2. The first-order valence-corrected chi connectivity index (χ1v) is 16.8. The Morgan fingerprint density at radius 2 is 1.73 bits per heavy atom. The van der Waals surface area contributed by atoms with Crippen LogP contribution in [0.25, 0.3) is 31.8 Å². The van der Waals surface area contributed by atoms with E-state index in [-0.39, 0.29) is 36.2 Å². The Labute approximate surface area is 266 Å². The van der Waals surface area contributed by atoms with Gasteiger partial charge in [-0.2, -0.15) is 0 Å². The number of methoxy groups -OCH3 is 1. The first kappa shape index (κ1) is 30.8. The monoisotopic (exact) mass is 634 g/mol. The Kier molecular flexibility index (Phi) is 8.15. The number of carbonyl (C=O) groups is 2. The zero-order valence-electron chi connectivity index (χ0n) is 26.2. The van der Waals surface area contributed by atoms with Crippen LogP contribution < -0.4 is 10.8 Å². The molecular weight excluding hydrogens is 595 g/mol. The standard InChI is InChI=1S/C32H39BN4O5S2/c1-18(2)25(36-30(39)40-7)29(38)37-14-8-9-24(37)28-34-15-23(35-28)20-12-10-19(11-13-20)21-16-43-27-22(17-44-26(21)27)33-41-31(3,4)32(5,6)42-33/h10-13,15-18,24-25H,8-9,14H2,1-7H3,(H,34,35)(H,36,39)/t24?,25-/m0/s1. The van der Waals surface area contributed by atoms with Gasteiger partial charge >= 0.3 is 13.2 Å². The van der Waals surface area contributed by atoms with Crippen molar-refractivity contribution >= 4 is 56.7 Å². The lowest BCUT2D eigenvalue weighted by Gasteiger charge is -2.32. The largest absolute Gasteiger partial charge is 0.497 e. The molecule has 4 aromatic rings. The Bertz CT molecular complexity index is 1660. The summed E-state index contributed by atoms with van der Waals surface area (Å²) in [4.78, 5) is 35.4. The number of nitrogens with one attached hydrogen (secondary N) is 2. The lowest BCUT2D eigenvalue weighted by molar-refractivity contribution is -0.135. The molecule has 232 valence electrons. The second-order valence-electron chi connectivity index (χ2n) is 12.9. The number of benzene rings is 1. The van der Waals surface area contributed by atoms with Gasteiger partial charge in [-0.3, -0.25) is 4.79 Å². The van der Waals surface area contributed by atoms with Crippen LogP contribution in [0, 0.1) is 5.92 Å². The van der Waals surface area contributed by atoms with E-state index in [1.165, 1.54) is 22.1 Å². The summed E-state index contributed by atoms with van der Waals surface area (Å²) >= 11 is 3.46. The van der Waals surface area contributed by atoms with Gasteiger partial charge < -0.3 is 29.2 Å². The molecule has 9 nitrogen and oxygen atoms in total. The van der Waals surface area contributed by atoms with Crippen LogP contribution in [0.5, 0.6) is 0 Å². The number of likely N-dealkylation sites (tertiary alicyclic amines) is 1. The van der Waals surface area contributed by atoms with Crippen molar-refractivity contribution in [2.24, 2.45) is 5.92 Å². The number of imidazole rings is 1. The predicted molar refractivity (Wildman–Crippen MR) is 176 cm³/mol. The summed E-state index contributed by atoms with van der Waals surface area (Å²) in [5.41, 5.74) is 4.51. The topological polar surface area (TPSA) is 106 Å². The summed E-state index contributed by atoms with van der Waals surface area (Å²) < 4.78 is 19.9. The van der Waals surface area contributed by atoms with Crippen molar-refractivity contribution in [1.29, 1.82) is 0 Å². The second kappa shape index (κ2) is 11.6. The molecule has 6 rings (SSSR count). The number of aromatic nitrogens is 2. The molecule has 0 radical (unpaired) electrons. The normalized spacial score (nSPS) is 20.0. The Hall–Kier alpha value is -3.19. The number of rotatable bonds is 7. The number of hydrogen-bond acceptors (Lipinski definition) is 8. The molecule has 2 atom stereocenters. The fraction of sp³-hybridized carbons (Fsp3) is 0.469. The number of alkyl carbamates (subject to hydrolysis) is 1. The van der Waals surface area contributed by atoms with Crippen molar-refractivity contribution in [3.8, 4) is 22.4 Å². The van der Waals surface area contributed by atoms with Crippen molar-refractivity contribution in [1.82, 2.24) is 20.2 Å². The van der Waals surface area contributed by atoms with Crippen molar-refractivity contribution in [2.75, 3.05) is 13.7 Å². The summed E-state index contributed by atoms with van der Waals surface area (Å²) in [6, 6.07) is 7.62. The van der Waals surface area contributed by atoms with Crippen LogP contribution in [0.1, 0.15) is 66.3 Å². The molecular formula is C32H39BN4O5S2. The maximum atomic E-state index is 13.5. The molecule has 2 aliphatic rings. The van der Waals surface area contributed by atoms with E-state index in [0.29, 0.717) is 6.54 Å². The van der Waals surface area contributed by atoms with Gasteiger partial charge in [-0.1, -0.05) is 38.1 Å². The number of aromatic amines is 1. The fourth-order valence-electron chi connectivity index (χ4n) is 5.84. The highest BCUT2D eigenvalue weighted by Crippen LogP contribution is 2.41. The third-order valence-corrected chi connectivity index (χ3v) is 11.3. The second-order valence-corrected chi connectivity index (χ2v) is 14.6. The number of H-pyrrole nitrogens is 1. The minimum absolute atomic E-state index is 0.0811. The molecule has 0 spiro atoms. The quantitative estimate of drug-likeness (QED) is 0.229. The van der Waals surface area contributed by atoms with E-state index < -0.39 is 12.1 Å². The highest BCUT2D eigenvalue weighted by Gasteiger charge is 2.52. The van der Waals surface area contributed by atoms with Gasteiger partial charge in [0.25, 0.3) is 0 Å². The summed E-state index contributed by atoms with van der Waals surface area (Å²) in [7, 11) is 0.928. The first-order valence-electron chi connectivity index (χ1n) is 15.1. The molecule has 1 unspecified atom stereocenters. The average Bonchev–Trinajstić information content (AvgIpc) is 3.80. The number of hydrogen-bond donors (Lipinski definition) is 2. The summed E-state index contributed by atoms with van der Waals surface area (Å²) in [6.45, 7) is 12.8. The van der Waals surface area contributed by atoms with E-state index in [0.717, 1.165) is 40.9 Å². The molecule has 3 aromatic heterocycles. The van der Waals surface area contributed by atoms with E-state index in [9.17, 15) is 9.59 Å². The lowest BCUT2D eigenvalue weighted by atomic mass is 9.81. The van der Waals surface area contributed by atoms with Crippen LogP contribution in [0.4, 0.5) is 4.79 Å². The smallest absolute Gasteiger partial charge is 0.453 e. The number of carbonyl (C=O) groups excluding carboxylic acids is 2. The summed E-state index contributed by atoms with van der Waals surface area (Å²) in [6.07, 6.45) is 2.97. The third kappa shape index (κ3) is 5.46. The number of fused-ring (bicyclic) bond motifs is 1. The molecule has 44 heavy (non-hydrogen) atoms. The van der Waals surface area contributed by atoms with Crippen LogP contribution in [0.3, 0.4) is 0 Å². The molecule has 2 fully saturated rings. The van der Waals surface area contributed by atoms with Crippen molar-refractivity contribution in [3.63, 3.8) is 0 Å². The summed E-state index contributed by atoms with van der Waals surface area (Å²) in [5, 5.41) is 7.08. The minimum atomic E-state index is -0.662. The molecule has 2 saturated heterocycles. The van der Waals surface area contributed by atoms with Crippen LogP contribution in [0.2, 0.25) is 0 Å². The van der Waals surface area contributed by atoms with Crippen LogP contribution >= 0.6 is 22.7 Å². The van der Waals surface area contributed by atoms with Gasteiger partial charge in [0.2, 0.25) is 5.91 Å². The van der Waals surface area contributed by atoms with Gasteiger partial charge in [-0.25, -0.2) is 9.78 Å². The Morgan fingerprint density at radius 3 is 2.39 bits per heavy atom. The molecule has 12 heteroatoms. The SMILES string of the molecule is COC(=O)N[C@H](C(=O)N1CCCC1c1nc(-c2ccc(-c3csc4c(B5OC(C)(C)C(C)(C)O5)csc34)cc2)c[nH]1)C(C)C. The maximum absolute atomic E-state index is 13.5. The van der Waals surface area contributed by atoms with Gasteiger partial charge in [0, 0.05) is 39.4 Å². The zero-order valence-corrected chi connectivity index (χ0v) is 27.9. The maximum Gasteiger partial charge on any atom is 0.497 e. The molecule has 0 bridgehead atoms. The highest BCUT2D eigenvalue weighted by molar-refractivity contribution is 7.29. The first-order chi connectivity index (χ1) is 20.9. The third-order valence-electron chi connectivity index (χ3n) is 9.15. The average molecular weight is 635 g/mol. The van der Waals surface area contributed by atoms with Gasteiger partial charge in [0.1, 0.15) is 11.9 Å². The molecule has 5 heterocycles. The van der Waals surface area contributed by atoms with Crippen molar-refractivity contribution in [3.05, 3.63) is 47.0 Å². The molecule has 1 aromatic carbocycles. The van der Waals surface area contributed by atoms with Gasteiger partial charge in [-0.05, 0) is 57.4 Å². The summed E-state index contributed by atoms with van der Waals surface area (Å²) in [5.74, 6) is 0.554. The van der Waals surface area contributed by atoms with Crippen molar-refractivity contribution in [2.45, 2.75) is 77.7 Å². The van der Waals surface area contributed by atoms with E-state index in [2.05, 4.69) is 73.0 Å². The van der Waals surface area contributed by atoms with Crippen LogP contribution in [-0.2, 0) is 18.8 Å². The molecule has 0 saturated carbocycles. The van der Waals surface area contributed by atoms with Crippen molar-refractivity contribution < 1.29 is 23.6 Å². The van der Waals surface area contributed by atoms with Gasteiger partial charge in [0.15, 0.2) is 0 Å². The number of ether oxygens (including phenoxy) is 1. The Balaban J connectivity index is 1.19. The van der Waals surface area contributed by atoms with Crippen LogP contribution in [-0.4, -0.2) is 64.9 Å². The zero-order chi connectivity index (χ0) is 31.4. The molecule has 0 aliphatic carbocycles. The highest BCUT2D eigenvalue weighted by atomic mass is 32.1. The molecule has 2 aliphatic heterocycles. The van der Waals surface area contributed by atoms with E-state index in [4.69, 9.17) is 19.0 Å². The fourth-order valence-corrected chi connectivity index (χ4v) is 8.28. The van der Waals surface area contributed by atoms with Gasteiger partial charge in [0.05, 0.1) is 34.7 Å². The van der Waals surface area contributed by atoms with E-state index in [1.54, 1.807) is 22.7 Å². The minimum Gasteiger partial charge on any atom is -0.453 e.